The van der Waals surface area contributed by atoms with E-state index in [1.165, 1.54) is 32.5 Å². The number of carbonyl (C=O) groups excluding carboxylic acids is 1. The molecule has 2 fully saturated rings. The molecule has 22 heavy (non-hydrogen) atoms. The number of anilines is 1. The second kappa shape index (κ2) is 6.29. The largest absolute Gasteiger partial charge is 0.323 e. The Morgan fingerprint density at radius 3 is 2.41 bits per heavy atom. The summed E-state index contributed by atoms with van der Waals surface area (Å²) in [5, 5.41) is 2.98. The molecule has 4 nitrogen and oxygen atoms in total. The highest BCUT2D eigenvalue weighted by atomic mass is 16.2. The Kier molecular flexibility index (Phi) is 4.39. The van der Waals surface area contributed by atoms with Gasteiger partial charge in [0.25, 0.3) is 0 Å². The summed E-state index contributed by atoms with van der Waals surface area (Å²) < 4.78 is 0. The van der Waals surface area contributed by atoms with Crippen molar-refractivity contribution in [1.82, 2.24) is 9.80 Å². The van der Waals surface area contributed by atoms with Crippen LogP contribution in [0.4, 0.5) is 10.5 Å². The second-order valence-electron chi connectivity index (χ2n) is 7.35. The zero-order chi connectivity index (χ0) is 15.6. The number of para-hydroxylation sites is 1. The number of carbonyl (C=O) groups is 1. The van der Waals surface area contributed by atoms with E-state index >= 15 is 0 Å². The SMILES string of the molecule is CC(C)CN1CCC2(CC1)CN(C(=O)Nc1ccccc1)C2. The fourth-order valence-electron chi connectivity index (χ4n) is 3.67. The maximum atomic E-state index is 12.2. The van der Waals surface area contributed by atoms with E-state index in [0.717, 1.165) is 24.7 Å². The molecule has 120 valence electrons. The molecular weight excluding hydrogens is 274 g/mol. The number of urea groups is 1. The highest BCUT2D eigenvalue weighted by molar-refractivity contribution is 5.89. The zero-order valence-corrected chi connectivity index (χ0v) is 13.7. The smallest absolute Gasteiger partial charge is 0.321 e. The van der Waals surface area contributed by atoms with Crippen LogP contribution in [-0.4, -0.2) is 48.6 Å². The number of benzene rings is 1. The highest BCUT2D eigenvalue weighted by Gasteiger charge is 2.46. The van der Waals surface area contributed by atoms with E-state index in [1.807, 2.05) is 35.2 Å². The van der Waals surface area contributed by atoms with E-state index in [9.17, 15) is 4.79 Å². The van der Waals surface area contributed by atoms with E-state index in [2.05, 4.69) is 24.1 Å². The lowest BCUT2D eigenvalue weighted by Crippen LogP contribution is -2.62. The minimum Gasteiger partial charge on any atom is -0.323 e. The van der Waals surface area contributed by atoms with E-state index in [4.69, 9.17) is 0 Å². The summed E-state index contributed by atoms with van der Waals surface area (Å²) >= 11 is 0. The summed E-state index contributed by atoms with van der Waals surface area (Å²) in [6.07, 6.45) is 2.46. The number of hydrogen-bond donors (Lipinski definition) is 1. The summed E-state index contributed by atoms with van der Waals surface area (Å²) in [5.74, 6) is 0.739. The predicted octanol–water partition coefficient (Wildman–Crippen LogP) is 3.27. The Bertz CT molecular complexity index is 498. The molecule has 3 rings (SSSR count). The van der Waals surface area contributed by atoms with Crippen molar-refractivity contribution in [1.29, 1.82) is 0 Å². The van der Waals surface area contributed by atoms with Gasteiger partial charge in [0.1, 0.15) is 0 Å². The van der Waals surface area contributed by atoms with Gasteiger partial charge in [0.05, 0.1) is 0 Å². The van der Waals surface area contributed by atoms with Crippen molar-refractivity contribution in [3.63, 3.8) is 0 Å². The molecule has 0 aliphatic carbocycles. The van der Waals surface area contributed by atoms with E-state index in [-0.39, 0.29) is 6.03 Å². The molecule has 2 aliphatic heterocycles. The first kappa shape index (κ1) is 15.3. The fourth-order valence-corrected chi connectivity index (χ4v) is 3.67. The molecule has 2 amide bonds. The van der Waals surface area contributed by atoms with Crippen LogP contribution in [0, 0.1) is 11.3 Å². The lowest BCUT2D eigenvalue weighted by atomic mass is 9.72. The minimum atomic E-state index is 0.0430. The molecule has 1 N–H and O–H groups in total. The molecular formula is C18H27N3O. The monoisotopic (exact) mass is 301 g/mol. The predicted molar refractivity (Wildman–Crippen MR) is 90.0 cm³/mol. The van der Waals surface area contributed by atoms with Gasteiger partial charge in [-0.05, 0) is 44.0 Å². The molecule has 2 aliphatic rings. The van der Waals surface area contributed by atoms with Crippen LogP contribution in [0.15, 0.2) is 30.3 Å². The van der Waals surface area contributed by atoms with Crippen LogP contribution in [-0.2, 0) is 0 Å². The average Bonchev–Trinajstić information content (AvgIpc) is 2.46. The van der Waals surface area contributed by atoms with Crippen LogP contribution in [0.1, 0.15) is 26.7 Å². The summed E-state index contributed by atoms with van der Waals surface area (Å²) in [7, 11) is 0. The lowest BCUT2D eigenvalue weighted by Gasteiger charge is -2.54. The third-order valence-corrected chi connectivity index (χ3v) is 4.90. The van der Waals surface area contributed by atoms with Crippen LogP contribution in [0.2, 0.25) is 0 Å². The van der Waals surface area contributed by atoms with Gasteiger partial charge in [0.2, 0.25) is 0 Å². The topological polar surface area (TPSA) is 35.6 Å². The zero-order valence-electron chi connectivity index (χ0n) is 13.7. The maximum absolute atomic E-state index is 12.2. The summed E-state index contributed by atoms with van der Waals surface area (Å²) in [6.45, 7) is 9.97. The quantitative estimate of drug-likeness (QED) is 0.930. The number of piperidine rings is 1. The number of nitrogens with one attached hydrogen (secondary N) is 1. The summed E-state index contributed by atoms with van der Waals surface area (Å²) in [6, 6.07) is 9.74. The molecule has 1 aromatic rings. The standard InChI is InChI=1S/C18H27N3O/c1-15(2)12-20-10-8-18(9-11-20)13-21(14-18)17(22)19-16-6-4-3-5-7-16/h3-7,15H,8-14H2,1-2H3,(H,19,22). The average molecular weight is 301 g/mol. The van der Waals surface area contributed by atoms with Gasteiger partial charge in [-0.2, -0.15) is 0 Å². The van der Waals surface area contributed by atoms with Crippen molar-refractivity contribution in [3.05, 3.63) is 30.3 Å². The number of likely N-dealkylation sites (tertiary alicyclic amines) is 2. The Morgan fingerprint density at radius 1 is 1.18 bits per heavy atom. The molecule has 0 unspecified atom stereocenters. The third-order valence-electron chi connectivity index (χ3n) is 4.90. The van der Waals surface area contributed by atoms with Crippen LogP contribution < -0.4 is 5.32 Å². The first-order valence-electron chi connectivity index (χ1n) is 8.40. The number of hydrogen-bond acceptors (Lipinski definition) is 2. The van der Waals surface area contributed by atoms with Gasteiger partial charge in [-0.25, -0.2) is 4.79 Å². The molecule has 1 spiro atoms. The van der Waals surface area contributed by atoms with Gasteiger partial charge in [-0.3, -0.25) is 0 Å². The highest BCUT2D eigenvalue weighted by Crippen LogP contribution is 2.40. The third kappa shape index (κ3) is 3.43. The van der Waals surface area contributed by atoms with Crippen molar-refractivity contribution in [2.75, 3.05) is 38.0 Å². The van der Waals surface area contributed by atoms with Crippen LogP contribution in [0.25, 0.3) is 0 Å². The second-order valence-corrected chi connectivity index (χ2v) is 7.35. The maximum Gasteiger partial charge on any atom is 0.321 e. The first-order valence-corrected chi connectivity index (χ1v) is 8.40. The van der Waals surface area contributed by atoms with Crippen molar-refractivity contribution in [2.24, 2.45) is 11.3 Å². The molecule has 0 atom stereocenters. The van der Waals surface area contributed by atoms with Crippen molar-refractivity contribution in [2.45, 2.75) is 26.7 Å². The van der Waals surface area contributed by atoms with Crippen LogP contribution in [0.3, 0.4) is 0 Å². The molecule has 2 saturated heterocycles. The first-order chi connectivity index (χ1) is 10.6. The molecule has 0 radical (unpaired) electrons. The number of rotatable bonds is 3. The Hall–Kier alpha value is -1.55. The fraction of sp³-hybridized carbons (Fsp3) is 0.611. The molecule has 0 saturated carbocycles. The van der Waals surface area contributed by atoms with Gasteiger partial charge in [-0.1, -0.05) is 32.0 Å². The number of nitrogens with zero attached hydrogens (tertiary/aromatic N) is 2. The van der Waals surface area contributed by atoms with Crippen LogP contribution in [0.5, 0.6) is 0 Å². The van der Waals surface area contributed by atoms with E-state index in [1.54, 1.807) is 0 Å². The molecule has 0 bridgehead atoms. The molecule has 2 heterocycles. The van der Waals surface area contributed by atoms with Crippen LogP contribution >= 0.6 is 0 Å². The van der Waals surface area contributed by atoms with Crippen molar-refractivity contribution < 1.29 is 4.79 Å². The summed E-state index contributed by atoms with van der Waals surface area (Å²) in [4.78, 5) is 16.8. The normalized spacial score (nSPS) is 21.0. The number of amides is 2. The molecule has 1 aromatic carbocycles. The van der Waals surface area contributed by atoms with Gasteiger partial charge in [-0.15, -0.1) is 0 Å². The molecule has 4 heteroatoms. The van der Waals surface area contributed by atoms with Gasteiger partial charge in [0, 0.05) is 30.7 Å². The van der Waals surface area contributed by atoms with Crippen molar-refractivity contribution in [3.8, 4) is 0 Å². The van der Waals surface area contributed by atoms with E-state index in [0.29, 0.717) is 5.41 Å². The van der Waals surface area contributed by atoms with Gasteiger partial charge >= 0.3 is 6.03 Å². The summed E-state index contributed by atoms with van der Waals surface area (Å²) in [5.41, 5.74) is 1.27. The molecule has 0 aromatic heterocycles. The van der Waals surface area contributed by atoms with Crippen molar-refractivity contribution >= 4 is 11.7 Å². The minimum absolute atomic E-state index is 0.0430. The Balaban J connectivity index is 1.45. The van der Waals surface area contributed by atoms with Gasteiger partial charge < -0.3 is 15.1 Å². The van der Waals surface area contributed by atoms with E-state index < -0.39 is 0 Å². The lowest BCUT2D eigenvalue weighted by molar-refractivity contribution is -0.0202. The van der Waals surface area contributed by atoms with Gasteiger partial charge in [0.15, 0.2) is 0 Å². The Labute approximate surface area is 133 Å². The Morgan fingerprint density at radius 2 is 1.82 bits per heavy atom.